The van der Waals surface area contributed by atoms with Crippen molar-refractivity contribution >= 4 is 17.4 Å². The van der Waals surface area contributed by atoms with Crippen LogP contribution in [0.3, 0.4) is 0 Å². The second kappa shape index (κ2) is 6.34. The van der Waals surface area contributed by atoms with Gasteiger partial charge < -0.3 is 15.3 Å². The molecule has 2 amide bonds. The molecule has 0 radical (unpaired) electrons. The largest absolute Gasteiger partial charge is 0.395 e. The van der Waals surface area contributed by atoms with Gasteiger partial charge in [0.05, 0.1) is 12.6 Å². The zero-order valence-corrected chi connectivity index (χ0v) is 12.2. The number of nitrogens with zero attached hydrogens (tertiary/aromatic N) is 2. The molecular formula is C13H21N3O2S. The number of amides is 2. The lowest BCUT2D eigenvalue weighted by Gasteiger charge is -2.24. The van der Waals surface area contributed by atoms with E-state index in [-0.39, 0.29) is 18.7 Å². The average molecular weight is 283 g/mol. The van der Waals surface area contributed by atoms with Gasteiger partial charge in [-0.25, -0.2) is 9.78 Å². The van der Waals surface area contributed by atoms with E-state index in [1.807, 2.05) is 20.0 Å². The van der Waals surface area contributed by atoms with E-state index in [1.165, 1.54) is 0 Å². The Morgan fingerprint density at radius 2 is 2.42 bits per heavy atom. The number of carbonyl (C=O) groups is 1. The zero-order chi connectivity index (χ0) is 13.8. The number of aryl methyl sites for hydroxylation is 1. The molecular weight excluding hydrogens is 262 g/mol. The molecule has 1 aliphatic rings. The first-order valence-corrected chi connectivity index (χ1v) is 7.56. The van der Waals surface area contributed by atoms with Crippen LogP contribution >= 0.6 is 11.3 Å². The van der Waals surface area contributed by atoms with E-state index in [1.54, 1.807) is 16.2 Å². The summed E-state index contributed by atoms with van der Waals surface area (Å²) in [6.07, 6.45) is 4.15. The molecule has 1 aromatic rings. The van der Waals surface area contributed by atoms with E-state index in [2.05, 4.69) is 10.3 Å². The second-order valence-electron chi connectivity index (χ2n) is 4.88. The molecule has 2 rings (SSSR count). The van der Waals surface area contributed by atoms with Gasteiger partial charge in [-0.1, -0.05) is 0 Å². The summed E-state index contributed by atoms with van der Waals surface area (Å²) in [5.41, 5.74) is 0. The molecule has 0 bridgehead atoms. The molecule has 1 atom stereocenters. The number of hydrogen-bond donors (Lipinski definition) is 2. The number of urea groups is 1. The minimum Gasteiger partial charge on any atom is -0.395 e. The standard InChI is InChI=1S/C13H21N3O2S/c1-3-16(6-7-17)13(18)15-11(10-4-5-10)12-14-8-9(2)19-12/h8,10-11,17H,3-7H2,1-2H3,(H,15,18). The summed E-state index contributed by atoms with van der Waals surface area (Å²) >= 11 is 1.65. The van der Waals surface area contributed by atoms with E-state index in [0.717, 1.165) is 22.7 Å². The Bertz CT molecular complexity index is 431. The highest BCUT2D eigenvalue weighted by molar-refractivity contribution is 7.11. The molecule has 1 aliphatic carbocycles. The summed E-state index contributed by atoms with van der Waals surface area (Å²) in [5.74, 6) is 0.516. The maximum absolute atomic E-state index is 12.2. The minimum atomic E-state index is -0.110. The molecule has 0 aromatic carbocycles. The number of likely N-dealkylation sites (N-methyl/N-ethyl adjacent to an activating group) is 1. The second-order valence-corrected chi connectivity index (χ2v) is 6.14. The smallest absolute Gasteiger partial charge is 0.318 e. The Hall–Kier alpha value is -1.14. The van der Waals surface area contributed by atoms with Crippen LogP contribution in [0, 0.1) is 12.8 Å². The van der Waals surface area contributed by atoms with Crippen molar-refractivity contribution in [3.05, 3.63) is 16.1 Å². The summed E-state index contributed by atoms with van der Waals surface area (Å²) < 4.78 is 0. The minimum absolute atomic E-state index is 0.00822. The van der Waals surface area contributed by atoms with Gasteiger partial charge in [-0.3, -0.25) is 0 Å². The molecule has 0 spiro atoms. The van der Waals surface area contributed by atoms with Crippen LogP contribution in [-0.4, -0.2) is 40.7 Å². The fourth-order valence-corrected chi connectivity index (χ4v) is 2.99. The topological polar surface area (TPSA) is 65.5 Å². The van der Waals surface area contributed by atoms with E-state index in [0.29, 0.717) is 19.0 Å². The summed E-state index contributed by atoms with van der Waals surface area (Å²) in [4.78, 5) is 19.4. The predicted molar refractivity (Wildman–Crippen MR) is 75.2 cm³/mol. The van der Waals surface area contributed by atoms with Gasteiger partial charge in [0, 0.05) is 24.2 Å². The van der Waals surface area contributed by atoms with E-state index >= 15 is 0 Å². The third-order valence-electron chi connectivity index (χ3n) is 3.32. The number of rotatable bonds is 6. The molecule has 1 saturated carbocycles. The third kappa shape index (κ3) is 3.67. The van der Waals surface area contributed by atoms with E-state index < -0.39 is 0 Å². The Morgan fingerprint density at radius 1 is 1.68 bits per heavy atom. The summed E-state index contributed by atoms with van der Waals surface area (Å²) in [6.45, 7) is 4.90. The van der Waals surface area contributed by atoms with Crippen LogP contribution in [0.2, 0.25) is 0 Å². The van der Waals surface area contributed by atoms with Gasteiger partial charge >= 0.3 is 6.03 Å². The Kier molecular flexibility index (Phi) is 4.76. The van der Waals surface area contributed by atoms with Crippen molar-refractivity contribution in [3.63, 3.8) is 0 Å². The van der Waals surface area contributed by atoms with Gasteiger partial charge in [-0.2, -0.15) is 0 Å². The quantitative estimate of drug-likeness (QED) is 0.838. The van der Waals surface area contributed by atoms with Gasteiger partial charge in [0.1, 0.15) is 5.01 Å². The first kappa shape index (κ1) is 14.3. The average Bonchev–Trinajstić information content (AvgIpc) is 3.15. The summed E-state index contributed by atoms with van der Waals surface area (Å²) in [5, 5.41) is 13.0. The molecule has 0 saturated heterocycles. The van der Waals surface area contributed by atoms with Gasteiger partial charge in [0.25, 0.3) is 0 Å². The van der Waals surface area contributed by atoms with Crippen LogP contribution in [-0.2, 0) is 0 Å². The molecule has 0 aliphatic heterocycles. The zero-order valence-electron chi connectivity index (χ0n) is 11.4. The van der Waals surface area contributed by atoms with E-state index in [9.17, 15) is 4.79 Å². The number of nitrogens with one attached hydrogen (secondary N) is 1. The fraction of sp³-hybridized carbons (Fsp3) is 0.692. The number of aliphatic hydroxyl groups excluding tert-OH is 1. The van der Waals surface area contributed by atoms with Crippen LogP contribution in [0.4, 0.5) is 4.79 Å². The van der Waals surface area contributed by atoms with Gasteiger partial charge in [0.2, 0.25) is 0 Å². The van der Waals surface area contributed by atoms with Crippen molar-refractivity contribution in [1.29, 1.82) is 0 Å². The third-order valence-corrected chi connectivity index (χ3v) is 4.31. The van der Waals surface area contributed by atoms with Crippen molar-refractivity contribution in [3.8, 4) is 0 Å². The molecule has 106 valence electrons. The molecule has 6 heteroatoms. The Morgan fingerprint density at radius 3 is 2.89 bits per heavy atom. The summed E-state index contributed by atoms with van der Waals surface area (Å²) in [6, 6.07) is -0.0831. The maximum atomic E-state index is 12.2. The molecule has 5 nitrogen and oxygen atoms in total. The highest BCUT2D eigenvalue weighted by Crippen LogP contribution is 2.42. The van der Waals surface area contributed by atoms with Crippen LogP contribution in [0.1, 0.15) is 35.7 Å². The van der Waals surface area contributed by atoms with Crippen molar-refractivity contribution in [2.75, 3.05) is 19.7 Å². The SMILES string of the molecule is CCN(CCO)C(=O)NC(c1ncc(C)s1)C1CC1. The van der Waals surface area contributed by atoms with Crippen LogP contribution < -0.4 is 5.32 Å². The molecule has 1 unspecified atom stereocenters. The molecule has 19 heavy (non-hydrogen) atoms. The Balaban J connectivity index is 2.02. The fourth-order valence-electron chi connectivity index (χ4n) is 2.08. The monoisotopic (exact) mass is 283 g/mol. The van der Waals surface area contributed by atoms with Gasteiger partial charge in [-0.15, -0.1) is 11.3 Å². The first-order valence-electron chi connectivity index (χ1n) is 6.74. The normalized spacial score (nSPS) is 16.2. The van der Waals surface area contributed by atoms with Crippen LogP contribution in [0.5, 0.6) is 0 Å². The molecule has 1 heterocycles. The number of hydrogen-bond acceptors (Lipinski definition) is 4. The summed E-state index contributed by atoms with van der Waals surface area (Å²) in [7, 11) is 0. The number of carbonyl (C=O) groups excluding carboxylic acids is 1. The molecule has 1 aromatic heterocycles. The van der Waals surface area contributed by atoms with Crippen molar-refractivity contribution in [2.24, 2.45) is 5.92 Å². The number of aromatic nitrogens is 1. The van der Waals surface area contributed by atoms with Crippen LogP contribution in [0.25, 0.3) is 0 Å². The van der Waals surface area contributed by atoms with Gasteiger partial charge in [0.15, 0.2) is 0 Å². The van der Waals surface area contributed by atoms with E-state index in [4.69, 9.17) is 5.11 Å². The number of thiazole rings is 1. The molecule has 2 N–H and O–H groups in total. The predicted octanol–water partition coefficient (Wildman–Crippen LogP) is 1.93. The first-order chi connectivity index (χ1) is 9.15. The lowest BCUT2D eigenvalue weighted by molar-refractivity contribution is 0.176. The van der Waals surface area contributed by atoms with Crippen molar-refractivity contribution in [2.45, 2.75) is 32.7 Å². The highest BCUT2D eigenvalue weighted by atomic mass is 32.1. The van der Waals surface area contributed by atoms with Crippen molar-refractivity contribution < 1.29 is 9.90 Å². The lowest BCUT2D eigenvalue weighted by atomic mass is 10.2. The van der Waals surface area contributed by atoms with Gasteiger partial charge in [-0.05, 0) is 32.6 Å². The molecule has 1 fully saturated rings. The number of aliphatic hydroxyl groups is 1. The lowest BCUT2D eigenvalue weighted by Crippen LogP contribution is -2.43. The van der Waals surface area contributed by atoms with Crippen LogP contribution in [0.15, 0.2) is 6.20 Å². The van der Waals surface area contributed by atoms with Crippen molar-refractivity contribution in [1.82, 2.24) is 15.2 Å². The highest BCUT2D eigenvalue weighted by Gasteiger charge is 2.35. The maximum Gasteiger partial charge on any atom is 0.318 e. The Labute approximate surface area is 117 Å².